The van der Waals surface area contributed by atoms with Gasteiger partial charge in [-0.1, -0.05) is 38.8 Å². The number of likely N-dealkylation sites (N-methyl/N-ethyl adjacent to an activating group) is 1. The molecule has 0 radical (unpaired) electrons. The normalized spacial score (nSPS) is 31.8. The maximum atomic E-state index is 3.83. The first-order valence-electron chi connectivity index (χ1n) is 7.73. The Labute approximate surface area is 113 Å². The van der Waals surface area contributed by atoms with Crippen LogP contribution in [0.2, 0.25) is 0 Å². The fraction of sp³-hybridized carbons (Fsp3) is 0.875. The molecule has 4 unspecified atom stereocenters. The van der Waals surface area contributed by atoms with Gasteiger partial charge in [0.05, 0.1) is 0 Å². The molecule has 2 rings (SSSR count). The number of allylic oxidation sites excluding steroid dienone is 1. The second-order valence-electron chi connectivity index (χ2n) is 6.36. The monoisotopic (exact) mass is 250 g/mol. The molecule has 1 N–H and O–H groups in total. The lowest BCUT2D eigenvalue weighted by atomic mass is 9.71. The number of hydrogen-bond donors (Lipinski definition) is 1. The first kappa shape index (κ1) is 14.1. The molecule has 0 amide bonds. The van der Waals surface area contributed by atoms with Crippen molar-refractivity contribution in [3.8, 4) is 0 Å². The second kappa shape index (κ2) is 6.21. The van der Waals surface area contributed by atoms with Crippen LogP contribution in [-0.2, 0) is 0 Å². The third-order valence-electron chi connectivity index (χ3n) is 5.21. The first-order valence-corrected chi connectivity index (χ1v) is 7.73. The summed E-state index contributed by atoms with van der Waals surface area (Å²) in [6.07, 6.45) is 10.1. The largest absolute Gasteiger partial charge is 0.312 e. The average molecular weight is 250 g/mol. The lowest BCUT2D eigenvalue weighted by Gasteiger charge is -2.42. The molecule has 0 aromatic heterocycles. The molecule has 2 aliphatic rings. The van der Waals surface area contributed by atoms with Gasteiger partial charge in [0.2, 0.25) is 0 Å². The lowest BCUT2D eigenvalue weighted by molar-refractivity contribution is 0.132. The van der Waals surface area contributed by atoms with Crippen LogP contribution < -0.4 is 5.32 Å². The Morgan fingerprint density at radius 3 is 2.56 bits per heavy atom. The van der Waals surface area contributed by atoms with Crippen molar-refractivity contribution in [2.24, 2.45) is 17.8 Å². The highest BCUT2D eigenvalue weighted by molar-refractivity contribution is 5.13. The number of nitrogens with zero attached hydrogens (tertiary/aromatic N) is 1. The molecular weight excluding hydrogens is 220 g/mol. The van der Waals surface area contributed by atoms with E-state index in [9.17, 15) is 0 Å². The summed E-state index contributed by atoms with van der Waals surface area (Å²) in [7, 11) is 4.45. The van der Waals surface area contributed by atoms with Crippen molar-refractivity contribution in [3.63, 3.8) is 0 Å². The van der Waals surface area contributed by atoms with Crippen LogP contribution in [0, 0.1) is 17.8 Å². The zero-order chi connectivity index (χ0) is 13.1. The Morgan fingerprint density at radius 2 is 2.00 bits per heavy atom. The summed E-state index contributed by atoms with van der Waals surface area (Å²) < 4.78 is 0. The van der Waals surface area contributed by atoms with Crippen LogP contribution >= 0.6 is 0 Å². The zero-order valence-electron chi connectivity index (χ0n) is 12.5. The van der Waals surface area contributed by atoms with Gasteiger partial charge in [0.1, 0.15) is 0 Å². The quantitative estimate of drug-likeness (QED) is 0.699. The fourth-order valence-electron chi connectivity index (χ4n) is 3.82. The second-order valence-corrected chi connectivity index (χ2v) is 6.36. The van der Waals surface area contributed by atoms with E-state index in [1.54, 1.807) is 0 Å². The molecule has 2 aliphatic carbocycles. The fourth-order valence-corrected chi connectivity index (χ4v) is 3.82. The number of hydrogen-bond acceptors (Lipinski definition) is 2. The molecule has 1 fully saturated rings. The summed E-state index contributed by atoms with van der Waals surface area (Å²) in [6, 6.07) is 1.44. The molecule has 0 aromatic rings. The van der Waals surface area contributed by atoms with Crippen LogP contribution in [0.25, 0.3) is 0 Å². The summed E-state index contributed by atoms with van der Waals surface area (Å²) in [6.45, 7) is 5.80. The van der Waals surface area contributed by atoms with Crippen molar-refractivity contribution in [1.29, 1.82) is 0 Å². The molecule has 2 nitrogen and oxygen atoms in total. The van der Waals surface area contributed by atoms with Gasteiger partial charge in [-0.25, -0.2) is 0 Å². The van der Waals surface area contributed by atoms with Crippen molar-refractivity contribution in [1.82, 2.24) is 10.2 Å². The van der Waals surface area contributed by atoms with Gasteiger partial charge in [0.15, 0.2) is 0 Å². The molecular formula is C16H30N2. The van der Waals surface area contributed by atoms with E-state index in [-0.39, 0.29) is 0 Å². The van der Waals surface area contributed by atoms with Crippen LogP contribution in [0.3, 0.4) is 0 Å². The van der Waals surface area contributed by atoms with Gasteiger partial charge in [-0.3, -0.25) is 0 Å². The zero-order valence-corrected chi connectivity index (χ0v) is 12.5. The smallest absolute Gasteiger partial charge is 0.0242 e. The van der Waals surface area contributed by atoms with Crippen LogP contribution in [0.15, 0.2) is 12.2 Å². The molecule has 104 valence electrons. The minimum atomic E-state index is 0.685. The summed E-state index contributed by atoms with van der Waals surface area (Å²) in [5, 5.41) is 3.83. The lowest BCUT2D eigenvalue weighted by Crippen LogP contribution is -2.53. The Kier molecular flexibility index (Phi) is 4.85. The molecule has 18 heavy (non-hydrogen) atoms. The Balaban J connectivity index is 1.80. The van der Waals surface area contributed by atoms with Gasteiger partial charge >= 0.3 is 0 Å². The topological polar surface area (TPSA) is 15.3 Å². The Bertz CT molecular complexity index is 281. The van der Waals surface area contributed by atoms with E-state index in [1.165, 1.54) is 25.7 Å². The van der Waals surface area contributed by atoms with Crippen LogP contribution in [0.5, 0.6) is 0 Å². The Morgan fingerprint density at radius 1 is 1.28 bits per heavy atom. The van der Waals surface area contributed by atoms with E-state index in [0.717, 1.165) is 30.3 Å². The average Bonchev–Trinajstić information content (AvgIpc) is 2.70. The third-order valence-corrected chi connectivity index (χ3v) is 5.21. The highest BCUT2D eigenvalue weighted by atomic mass is 15.1. The summed E-state index contributed by atoms with van der Waals surface area (Å²) in [5.41, 5.74) is 0. The van der Waals surface area contributed by atoms with Gasteiger partial charge < -0.3 is 10.2 Å². The highest BCUT2D eigenvalue weighted by Crippen LogP contribution is 2.42. The molecule has 2 heteroatoms. The summed E-state index contributed by atoms with van der Waals surface area (Å²) >= 11 is 0. The SMILES string of the molecule is CCC(CC)C(CNC1CC2CC=CC21)N(C)C. The van der Waals surface area contributed by atoms with E-state index in [1.807, 2.05) is 0 Å². The predicted molar refractivity (Wildman–Crippen MR) is 78.7 cm³/mol. The van der Waals surface area contributed by atoms with Gasteiger partial charge in [-0.2, -0.15) is 0 Å². The van der Waals surface area contributed by atoms with E-state index in [2.05, 4.69) is 50.3 Å². The highest BCUT2D eigenvalue weighted by Gasteiger charge is 2.40. The van der Waals surface area contributed by atoms with E-state index in [0.29, 0.717) is 6.04 Å². The molecule has 4 atom stereocenters. The molecule has 0 heterocycles. The summed E-state index contributed by atoms with van der Waals surface area (Å²) in [5.74, 6) is 2.63. The van der Waals surface area contributed by atoms with Crippen molar-refractivity contribution in [2.75, 3.05) is 20.6 Å². The van der Waals surface area contributed by atoms with Crippen molar-refractivity contribution >= 4 is 0 Å². The van der Waals surface area contributed by atoms with E-state index in [4.69, 9.17) is 0 Å². The van der Waals surface area contributed by atoms with Gasteiger partial charge in [-0.15, -0.1) is 0 Å². The predicted octanol–water partition coefficient (Wildman–Crippen LogP) is 2.91. The molecule has 0 aromatic carbocycles. The van der Waals surface area contributed by atoms with Crippen LogP contribution in [0.1, 0.15) is 39.5 Å². The van der Waals surface area contributed by atoms with E-state index < -0.39 is 0 Å². The molecule has 0 bridgehead atoms. The van der Waals surface area contributed by atoms with Gasteiger partial charge in [0.25, 0.3) is 0 Å². The number of fused-ring (bicyclic) bond motifs is 1. The molecule has 0 aliphatic heterocycles. The first-order chi connectivity index (χ1) is 8.67. The third kappa shape index (κ3) is 2.80. The van der Waals surface area contributed by atoms with Crippen molar-refractivity contribution in [3.05, 3.63) is 12.2 Å². The van der Waals surface area contributed by atoms with Crippen LogP contribution in [-0.4, -0.2) is 37.6 Å². The van der Waals surface area contributed by atoms with Crippen molar-refractivity contribution < 1.29 is 0 Å². The molecule has 1 saturated carbocycles. The van der Waals surface area contributed by atoms with Crippen LogP contribution in [0.4, 0.5) is 0 Å². The summed E-state index contributed by atoms with van der Waals surface area (Å²) in [4.78, 5) is 2.41. The standard InChI is InChI=1S/C16H30N2/c1-5-12(6-2)16(18(3)4)11-17-15-10-13-8-7-9-14(13)15/h7,9,12-17H,5-6,8,10-11H2,1-4H3. The minimum Gasteiger partial charge on any atom is -0.312 e. The molecule has 0 saturated heterocycles. The minimum absolute atomic E-state index is 0.685. The number of rotatable bonds is 7. The van der Waals surface area contributed by atoms with E-state index >= 15 is 0 Å². The Hall–Kier alpha value is -0.340. The maximum Gasteiger partial charge on any atom is 0.0242 e. The maximum absolute atomic E-state index is 3.83. The van der Waals surface area contributed by atoms with Crippen molar-refractivity contribution in [2.45, 2.75) is 51.6 Å². The van der Waals surface area contributed by atoms with Gasteiger partial charge in [0, 0.05) is 18.6 Å². The number of nitrogens with one attached hydrogen (secondary N) is 1. The molecule has 0 spiro atoms. The van der Waals surface area contributed by atoms with Gasteiger partial charge in [-0.05, 0) is 44.7 Å².